The minimum absolute atomic E-state index is 0.458. The third-order valence-electron chi connectivity index (χ3n) is 3.83. The van der Waals surface area contributed by atoms with E-state index in [1.54, 1.807) is 0 Å². The molecule has 104 valence electrons. The van der Waals surface area contributed by atoms with Gasteiger partial charge in [-0.15, -0.1) is 0 Å². The minimum Gasteiger partial charge on any atom is -0.348 e. The van der Waals surface area contributed by atoms with Crippen LogP contribution in [0.4, 0.5) is 5.82 Å². The highest BCUT2D eigenvalue weighted by Crippen LogP contribution is 2.34. The molecule has 0 aliphatic carbocycles. The fourth-order valence-corrected chi connectivity index (χ4v) is 3.41. The smallest absolute Gasteiger partial charge is 0.136 e. The number of rotatable bonds is 3. The number of anilines is 1. The standard InChI is InChI=1S/C16H18BrN3/c1-11-15-8-14(9-17)20(16(15)19-12(2)18-11)10-13-6-4-3-5-7-13/h3-7,14H,8-10H2,1-2H3. The summed E-state index contributed by atoms with van der Waals surface area (Å²) in [6, 6.07) is 11.0. The van der Waals surface area contributed by atoms with E-state index in [4.69, 9.17) is 0 Å². The van der Waals surface area contributed by atoms with Crippen LogP contribution in [0.2, 0.25) is 0 Å². The summed E-state index contributed by atoms with van der Waals surface area (Å²) >= 11 is 3.64. The fourth-order valence-electron chi connectivity index (χ4n) is 2.84. The van der Waals surface area contributed by atoms with Gasteiger partial charge in [0.05, 0.1) is 0 Å². The summed E-state index contributed by atoms with van der Waals surface area (Å²) in [6.07, 6.45) is 1.03. The van der Waals surface area contributed by atoms with Crippen LogP contribution in [0.15, 0.2) is 30.3 Å². The zero-order chi connectivity index (χ0) is 14.1. The van der Waals surface area contributed by atoms with Crippen LogP contribution in [0, 0.1) is 13.8 Å². The number of halogens is 1. The molecule has 0 fully saturated rings. The summed E-state index contributed by atoms with van der Waals surface area (Å²) in [5.41, 5.74) is 3.74. The van der Waals surface area contributed by atoms with Gasteiger partial charge in [-0.25, -0.2) is 9.97 Å². The highest BCUT2D eigenvalue weighted by molar-refractivity contribution is 9.09. The largest absolute Gasteiger partial charge is 0.348 e. The van der Waals surface area contributed by atoms with Crippen molar-refractivity contribution in [2.75, 3.05) is 10.2 Å². The summed E-state index contributed by atoms with van der Waals surface area (Å²) in [7, 11) is 0. The summed E-state index contributed by atoms with van der Waals surface area (Å²) < 4.78 is 0. The van der Waals surface area contributed by atoms with Gasteiger partial charge >= 0.3 is 0 Å². The van der Waals surface area contributed by atoms with Crippen molar-refractivity contribution in [3.05, 3.63) is 53.0 Å². The first-order valence-corrected chi connectivity index (χ1v) is 8.02. The number of hydrogen-bond acceptors (Lipinski definition) is 3. The average Bonchev–Trinajstić information content (AvgIpc) is 2.78. The Bertz CT molecular complexity index is 613. The molecule has 4 heteroatoms. The van der Waals surface area contributed by atoms with Crippen LogP contribution in [-0.4, -0.2) is 21.3 Å². The van der Waals surface area contributed by atoms with E-state index in [9.17, 15) is 0 Å². The normalized spacial score (nSPS) is 17.4. The topological polar surface area (TPSA) is 29.0 Å². The van der Waals surface area contributed by atoms with Crippen molar-refractivity contribution in [2.24, 2.45) is 0 Å². The Labute approximate surface area is 128 Å². The van der Waals surface area contributed by atoms with E-state index in [-0.39, 0.29) is 0 Å². The van der Waals surface area contributed by atoms with Crippen molar-refractivity contribution in [1.29, 1.82) is 0 Å². The Morgan fingerprint density at radius 1 is 1.20 bits per heavy atom. The zero-order valence-corrected chi connectivity index (χ0v) is 13.4. The summed E-state index contributed by atoms with van der Waals surface area (Å²) in [6.45, 7) is 4.96. The van der Waals surface area contributed by atoms with E-state index in [1.807, 2.05) is 6.92 Å². The summed E-state index contributed by atoms with van der Waals surface area (Å²) in [5.74, 6) is 1.97. The zero-order valence-electron chi connectivity index (χ0n) is 11.8. The Morgan fingerprint density at radius 3 is 2.65 bits per heavy atom. The van der Waals surface area contributed by atoms with Gasteiger partial charge in [-0.2, -0.15) is 0 Å². The van der Waals surface area contributed by atoms with E-state index in [1.165, 1.54) is 11.1 Å². The van der Waals surface area contributed by atoms with E-state index in [0.29, 0.717) is 6.04 Å². The maximum atomic E-state index is 4.68. The Hall–Kier alpha value is -1.42. The SMILES string of the molecule is Cc1nc(C)c2c(n1)N(Cc1ccccc1)C(CBr)C2. The molecular weight excluding hydrogens is 314 g/mol. The molecule has 1 aliphatic rings. The molecule has 0 N–H and O–H groups in total. The monoisotopic (exact) mass is 331 g/mol. The van der Waals surface area contributed by atoms with Crippen molar-refractivity contribution >= 4 is 21.7 Å². The predicted octanol–water partition coefficient (Wildman–Crippen LogP) is 3.42. The van der Waals surface area contributed by atoms with Crippen LogP contribution in [0.25, 0.3) is 0 Å². The van der Waals surface area contributed by atoms with Gasteiger partial charge in [-0.3, -0.25) is 0 Å². The molecule has 0 amide bonds. The first-order chi connectivity index (χ1) is 9.69. The second-order valence-electron chi connectivity index (χ2n) is 5.28. The molecule has 3 nitrogen and oxygen atoms in total. The lowest BCUT2D eigenvalue weighted by molar-refractivity contribution is 0.678. The second kappa shape index (κ2) is 5.52. The molecule has 1 atom stereocenters. The molecule has 0 saturated heterocycles. The number of fused-ring (bicyclic) bond motifs is 1. The highest BCUT2D eigenvalue weighted by Gasteiger charge is 2.31. The van der Waals surface area contributed by atoms with Crippen LogP contribution in [0.5, 0.6) is 0 Å². The van der Waals surface area contributed by atoms with Crippen LogP contribution < -0.4 is 4.90 Å². The first kappa shape index (κ1) is 13.6. The quantitative estimate of drug-likeness (QED) is 0.807. The van der Waals surface area contributed by atoms with Crippen LogP contribution >= 0.6 is 15.9 Å². The molecular formula is C16H18BrN3. The molecule has 2 aromatic rings. The number of hydrogen-bond donors (Lipinski definition) is 0. The molecule has 0 bridgehead atoms. The van der Waals surface area contributed by atoms with Gasteiger partial charge in [0.2, 0.25) is 0 Å². The first-order valence-electron chi connectivity index (χ1n) is 6.89. The van der Waals surface area contributed by atoms with Crippen LogP contribution in [0.1, 0.15) is 22.6 Å². The maximum Gasteiger partial charge on any atom is 0.136 e. The van der Waals surface area contributed by atoms with Crippen LogP contribution in [0.3, 0.4) is 0 Å². The molecule has 1 aromatic heterocycles. The van der Waals surface area contributed by atoms with E-state index < -0.39 is 0 Å². The number of alkyl halides is 1. The van der Waals surface area contributed by atoms with Crippen molar-refractivity contribution in [3.63, 3.8) is 0 Å². The van der Waals surface area contributed by atoms with Gasteiger partial charge in [-0.05, 0) is 25.8 Å². The third kappa shape index (κ3) is 2.44. The summed E-state index contributed by atoms with van der Waals surface area (Å²) in [4.78, 5) is 11.6. The van der Waals surface area contributed by atoms with Gasteiger partial charge in [0.25, 0.3) is 0 Å². The average molecular weight is 332 g/mol. The molecule has 1 aliphatic heterocycles. The van der Waals surface area contributed by atoms with Gasteiger partial charge in [0, 0.05) is 29.2 Å². The molecule has 1 aromatic carbocycles. The number of benzene rings is 1. The fraction of sp³-hybridized carbons (Fsp3) is 0.375. The lowest BCUT2D eigenvalue weighted by atomic mass is 10.1. The third-order valence-corrected chi connectivity index (χ3v) is 4.58. The van der Waals surface area contributed by atoms with Gasteiger partial charge in [0.15, 0.2) is 0 Å². The van der Waals surface area contributed by atoms with E-state index in [2.05, 4.69) is 68.1 Å². The molecule has 0 spiro atoms. The highest BCUT2D eigenvalue weighted by atomic mass is 79.9. The number of aryl methyl sites for hydroxylation is 2. The van der Waals surface area contributed by atoms with Crippen molar-refractivity contribution < 1.29 is 0 Å². The number of aromatic nitrogens is 2. The second-order valence-corrected chi connectivity index (χ2v) is 5.93. The lowest BCUT2D eigenvalue weighted by Gasteiger charge is -2.25. The molecule has 0 saturated carbocycles. The number of nitrogens with zero attached hydrogens (tertiary/aromatic N) is 3. The maximum absolute atomic E-state index is 4.68. The van der Waals surface area contributed by atoms with E-state index in [0.717, 1.165) is 35.6 Å². The van der Waals surface area contributed by atoms with Gasteiger partial charge in [0.1, 0.15) is 11.6 Å². The molecule has 2 heterocycles. The molecule has 0 radical (unpaired) electrons. The van der Waals surface area contributed by atoms with Crippen LogP contribution in [-0.2, 0) is 13.0 Å². The molecule has 3 rings (SSSR count). The van der Waals surface area contributed by atoms with Gasteiger partial charge < -0.3 is 4.90 Å². The Balaban J connectivity index is 1.98. The van der Waals surface area contributed by atoms with Gasteiger partial charge in [-0.1, -0.05) is 46.3 Å². The molecule has 1 unspecified atom stereocenters. The van der Waals surface area contributed by atoms with Crippen molar-refractivity contribution in [1.82, 2.24) is 9.97 Å². The van der Waals surface area contributed by atoms with E-state index >= 15 is 0 Å². The van der Waals surface area contributed by atoms with Crippen molar-refractivity contribution in [3.8, 4) is 0 Å². The summed E-state index contributed by atoms with van der Waals surface area (Å²) in [5, 5.41) is 0.953. The predicted molar refractivity (Wildman–Crippen MR) is 85.4 cm³/mol. The Kier molecular flexibility index (Phi) is 3.74. The Morgan fingerprint density at radius 2 is 1.95 bits per heavy atom. The molecule has 20 heavy (non-hydrogen) atoms. The van der Waals surface area contributed by atoms with Crippen molar-refractivity contribution in [2.45, 2.75) is 32.9 Å². The lowest BCUT2D eigenvalue weighted by Crippen LogP contribution is -2.33. The minimum atomic E-state index is 0.458.